The molecule has 2 rings (SSSR count). The molecule has 0 aliphatic heterocycles. The average molecular weight is 291 g/mol. The molecule has 0 amide bonds. The van der Waals surface area contributed by atoms with Crippen LogP contribution in [0.5, 0.6) is 0 Å². The van der Waals surface area contributed by atoms with Crippen molar-refractivity contribution in [2.45, 2.75) is 13.8 Å². The molecule has 0 saturated carbocycles. The minimum Gasteiger partial charge on any atom is -0.462 e. The van der Waals surface area contributed by atoms with E-state index in [1.54, 1.807) is 6.92 Å². The largest absolute Gasteiger partial charge is 0.462 e. The zero-order valence-corrected chi connectivity index (χ0v) is 12.7. The first-order valence-electron chi connectivity index (χ1n) is 7.10. The van der Waals surface area contributed by atoms with E-state index in [1.165, 1.54) is 11.6 Å². The van der Waals surface area contributed by atoms with Crippen molar-refractivity contribution < 1.29 is 9.53 Å². The topological polar surface area (TPSA) is 50.1 Å². The van der Waals surface area contributed by atoms with Crippen LogP contribution in [0.15, 0.2) is 54.1 Å². The standard InChI is InChI=1S/C19H17NO2/c1-3-22-19(21)18(13-20)12-15-6-10-17(11-7-15)16-8-4-14(2)5-9-16/h4-12H,3H2,1-2H3/b18-12+. The Balaban J connectivity index is 2.23. The van der Waals surface area contributed by atoms with Gasteiger partial charge in [-0.05, 0) is 36.6 Å². The third-order valence-corrected chi connectivity index (χ3v) is 3.22. The first kappa shape index (κ1) is 15.5. The quantitative estimate of drug-likeness (QED) is 0.483. The summed E-state index contributed by atoms with van der Waals surface area (Å²) in [6, 6.07) is 17.8. The summed E-state index contributed by atoms with van der Waals surface area (Å²) in [6.45, 7) is 4.02. The number of carbonyl (C=O) groups excluding carboxylic acids is 1. The maximum atomic E-state index is 11.6. The van der Waals surface area contributed by atoms with Crippen molar-refractivity contribution in [3.63, 3.8) is 0 Å². The third kappa shape index (κ3) is 3.83. The summed E-state index contributed by atoms with van der Waals surface area (Å²) < 4.78 is 4.84. The minimum absolute atomic E-state index is 0.00457. The van der Waals surface area contributed by atoms with Crippen LogP contribution in [0.3, 0.4) is 0 Å². The second-order valence-corrected chi connectivity index (χ2v) is 4.88. The van der Waals surface area contributed by atoms with E-state index < -0.39 is 5.97 Å². The number of nitriles is 1. The highest BCUT2D eigenvalue weighted by atomic mass is 16.5. The first-order valence-corrected chi connectivity index (χ1v) is 7.10. The van der Waals surface area contributed by atoms with E-state index in [0.29, 0.717) is 0 Å². The third-order valence-electron chi connectivity index (χ3n) is 3.22. The van der Waals surface area contributed by atoms with Gasteiger partial charge in [0, 0.05) is 0 Å². The van der Waals surface area contributed by atoms with Crippen molar-refractivity contribution in [1.82, 2.24) is 0 Å². The molecule has 0 spiro atoms. The number of hydrogen-bond donors (Lipinski definition) is 0. The van der Waals surface area contributed by atoms with Crippen molar-refractivity contribution in [2.24, 2.45) is 0 Å². The Hall–Kier alpha value is -2.86. The van der Waals surface area contributed by atoms with Gasteiger partial charge in [-0.15, -0.1) is 0 Å². The van der Waals surface area contributed by atoms with Gasteiger partial charge in [0.15, 0.2) is 0 Å². The van der Waals surface area contributed by atoms with Crippen molar-refractivity contribution in [1.29, 1.82) is 5.26 Å². The fourth-order valence-electron chi connectivity index (χ4n) is 2.03. The van der Waals surface area contributed by atoms with Gasteiger partial charge in [-0.2, -0.15) is 5.26 Å². The Morgan fingerprint density at radius 1 is 1.09 bits per heavy atom. The van der Waals surface area contributed by atoms with Gasteiger partial charge in [0.1, 0.15) is 11.6 Å². The summed E-state index contributed by atoms with van der Waals surface area (Å²) in [5.41, 5.74) is 4.24. The highest BCUT2D eigenvalue weighted by Crippen LogP contribution is 2.21. The van der Waals surface area contributed by atoms with Crippen LogP contribution < -0.4 is 0 Å². The number of ether oxygens (including phenoxy) is 1. The number of benzene rings is 2. The molecule has 0 bridgehead atoms. The molecule has 110 valence electrons. The Morgan fingerprint density at radius 3 is 2.14 bits per heavy atom. The zero-order chi connectivity index (χ0) is 15.9. The summed E-state index contributed by atoms with van der Waals surface area (Å²) in [4.78, 5) is 11.6. The maximum Gasteiger partial charge on any atom is 0.348 e. The zero-order valence-electron chi connectivity index (χ0n) is 12.7. The Morgan fingerprint density at radius 2 is 1.64 bits per heavy atom. The van der Waals surface area contributed by atoms with E-state index in [-0.39, 0.29) is 12.2 Å². The predicted molar refractivity (Wildman–Crippen MR) is 86.8 cm³/mol. The van der Waals surface area contributed by atoms with Gasteiger partial charge in [0.05, 0.1) is 6.61 Å². The molecule has 3 nitrogen and oxygen atoms in total. The summed E-state index contributed by atoms with van der Waals surface area (Å²) >= 11 is 0. The van der Waals surface area contributed by atoms with Crippen LogP contribution in [-0.4, -0.2) is 12.6 Å². The molecule has 0 N–H and O–H groups in total. The van der Waals surface area contributed by atoms with E-state index in [9.17, 15) is 4.79 Å². The number of esters is 1. The lowest BCUT2D eigenvalue weighted by atomic mass is 10.0. The lowest BCUT2D eigenvalue weighted by Gasteiger charge is -2.04. The summed E-state index contributed by atoms with van der Waals surface area (Å²) in [7, 11) is 0. The molecule has 2 aromatic rings. The van der Waals surface area contributed by atoms with Crippen LogP contribution in [0.1, 0.15) is 18.1 Å². The molecule has 2 aromatic carbocycles. The molecule has 0 fully saturated rings. The summed E-state index contributed by atoms with van der Waals surface area (Å²) in [5.74, 6) is -0.590. The molecule has 0 atom stereocenters. The molecule has 0 aromatic heterocycles. The molecule has 0 unspecified atom stereocenters. The van der Waals surface area contributed by atoms with Gasteiger partial charge in [-0.25, -0.2) is 4.79 Å². The average Bonchev–Trinajstić information content (AvgIpc) is 2.54. The van der Waals surface area contributed by atoms with Crippen LogP contribution in [-0.2, 0) is 9.53 Å². The van der Waals surface area contributed by atoms with E-state index in [2.05, 4.69) is 31.2 Å². The first-order chi connectivity index (χ1) is 10.6. The highest BCUT2D eigenvalue weighted by Gasteiger charge is 2.09. The van der Waals surface area contributed by atoms with Crippen molar-refractivity contribution in [3.05, 3.63) is 65.2 Å². The van der Waals surface area contributed by atoms with Gasteiger partial charge in [-0.1, -0.05) is 54.1 Å². The molecule has 0 aliphatic carbocycles. The maximum absolute atomic E-state index is 11.6. The van der Waals surface area contributed by atoms with Gasteiger partial charge >= 0.3 is 5.97 Å². The van der Waals surface area contributed by atoms with Crippen LogP contribution in [0.4, 0.5) is 0 Å². The van der Waals surface area contributed by atoms with Gasteiger partial charge < -0.3 is 4.74 Å². The SMILES string of the molecule is CCOC(=O)/C(C#N)=C/c1ccc(-c2ccc(C)cc2)cc1. The highest BCUT2D eigenvalue weighted by molar-refractivity contribution is 5.97. The number of carbonyl (C=O) groups is 1. The summed E-state index contributed by atoms with van der Waals surface area (Å²) in [5, 5.41) is 9.02. The Bertz CT molecular complexity index is 720. The Labute approximate surface area is 130 Å². The van der Waals surface area contributed by atoms with Crippen molar-refractivity contribution in [2.75, 3.05) is 6.61 Å². The number of hydrogen-bond acceptors (Lipinski definition) is 3. The van der Waals surface area contributed by atoms with Crippen LogP contribution in [0, 0.1) is 18.3 Å². The number of aryl methyl sites for hydroxylation is 1. The van der Waals surface area contributed by atoms with Crippen molar-refractivity contribution in [3.8, 4) is 17.2 Å². The van der Waals surface area contributed by atoms with Gasteiger partial charge in [0.25, 0.3) is 0 Å². The van der Waals surface area contributed by atoms with E-state index in [1.807, 2.05) is 30.3 Å². The lowest BCUT2D eigenvalue weighted by Crippen LogP contribution is -2.05. The second-order valence-electron chi connectivity index (χ2n) is 4.88. The molecular weight excluding hydrogens is 274 g/mol. The fourth-order valence-corrected chi connectivity index (χ4v) is 2.03. The minimum atomic E-state index is -0.590. The van der Waals surface area contributed by atoms with E-state index in [4.69, 9.17) is 10.00 Å². The molecule has 0 radical (unpaired) electrons. The van der Waals surface area contributed by atoms with Gasteiger partial charge in [-0.3, -0.25) is 0 Å². The molecule has 0 heterocycles. The summed E-state index contributed by atoms with van der Waals surface area (Å²) in [6.07, 6.45) is 1.54. The van der Waals surface area contributed by atoms with Crippen LogP contribution in [0.25, 0.3) is 17.2 Å². The monoisotopic (exact) mass is 291 g/mol. The lowest BCUT2D eigenvalue weighted by molar-refractivity contribution is -0.137. The molecular formula is C19H17NO2. The number of nitrogens with zero attached hydrogens (tertiary/aromatic N) is 1. The predicted octanol–water partition coefficient (Wildman–Crippen LogP) is 4.13. The normalized spacial score (nSPS) is 10.9. The van der Waals surface area contributed by atoms with Gasteiger partial charge in [0.2, 0.25) is 0 Å². The molecule has 3 heteroatoms. The smallest absolute Gasteiger partial charge is 0.348 e. The Kier molecular flexibility index (Phi) is 5.11. The molecule has 22 heavy (non-hydrogen) atoms. The van der Waals surface area contributed by atoms with Crippen LogP contribution in [0.2, 0.25) is 0 Å². The van der Waals surface area contributed by atoms with E-state index in [0.717, 1.165) is 16.7 Å². The molecule has 0 saturated heterocycles. The van der Waals surface area contributed by atoms with Crippen molar-refractivity contribution >= 4 is 12.0 Å². The fraction of sp³-hybridized carbons (Fsp3) is 0.158. The van der Waals surface area contributed by atoms with E-state index >= 15 is 0 Å². The second kappa shape index (κ2) is 7.24. The number of rotatable bonds is 4. The van der Waals surface area contributed by atoms with Crippen LogP contribution >= 0.6 is 0 Å². The molecule has 0 aliphatic rings.